The third kappa shape index (κ3) is 2.98. The van der Waals surface area contributed by atoms with E-state index >= 15 is 0 Å². The fourth-order valence-electron chi connectivity index (χ4n) is 6.80. The van der Waals surface area contributed by atoms with Gasteiger partial charge in [0.2, 0.25) is 11.8 Å². The molecule has 4 aromatic rings. The first-order valence-electron chi connectivity index (χ1n) is 12.9. The number of nitrogens with one attached hydrogen (secondary N) is 1. The van der Waals surface area contributed by atoms with Crippen molar-refractivity contribution in [2.24, 2.45) is 17.8 Å². The normalized spacial score (nSPS) is 25.5. The van der Waals surface area contributed by atoms with Crippen LogP contribution in [0.1, 0.15) is 31.7 Å². The summed E-state index contributed by atoms with van der Waals surface area (Å²) in [5.41, 5.74) is 1.32. The molecule has 2 saturated heterocycles. The van der Waals surface area contributed by atoms with E-state index < -0.39 is 17.4 Å². The number of benzene rings is 3. The quantitative estimate of drug-likeness (QED) is 0.367. The van der Waals surface area contributed by atoms with Crippen LogP contribution in [0.4, 0.5) is 5.69 Å². The third-order valence-corrected chi connectivity index (χ3v) is 8.65. The Morgan fingerprint density at radius 2 is 1.74 bits per heavy atom. The number of hydrogen-bond donors (Lipinski definition) is 1. The van der Waals surface area contributed by atoms with E-state index in [1.54, 1.807) is 22.8 Å². The van der Waals surface area contributed by atoms with Crippen LogP contribution < -0.4 is 15.8 Å². The molecule has 7 rings (SSSR count). The highest BCUT2D eigenvalue weighted by atomic mass is 79.9. The smallest absolute Gasteiger partial charge is 0.266 e. The molecule has 0 bridgehead atoms. The van der Waals surface area contributed by atoms with Gasteiger partial charge in [-0.25, -0.2) is 9.88 Å². The average Bonchev–Trinajstić information content (AvgIpc) is 3.47. The van der Waals surface area contributed by atoms with E-state index in [-0.39, 0.29) is 29.3 Å². The molecule has 0 aliphatic carbocycles. The molecule has 0 unspecified atom stereocenters. The van der Waals surface area contributed by atoms with Crippen LogP contribution in [0, 0.1) is 17.8 Å². The van der Waals surface area contributed by atoms with E-state index in [9.17, 15) is 14.4 Å². The lowest BCUT2D eigenvalue weighted by molar-refractivity contribution is -0.123. The maximum atomic E-state index is 14.4. The topological polar surface area (TPSA) is 84.3 Å². The second kappa shape index (κ2) is 8.19. The fraction of sp³-hybridized carbons (Fsp3) is 0.267. The van der Waals surface area contributed by atoms with Crippen LogP contribution in [-0.4, -0.2) is 27.4 Å². The second-order valence-electron chi connectivity index (χ2n) is 10.8. The van der Waals surface area contributed by atoms with Gasteiger partial charge in [0.25, 0.3) is 5.56 Å². The lowest BCUT2D eigenvalue weighted by Crippen LogP contribution is -2.50. The molecule has 0 radical (unpaired) electrons. The van der Waals surface area contributed by atoms with Gasteiger partial charge in [-0.15, -0.1) is 0 Å². The van der Waals surface area contributed by atoms with Gasteiger partial charge in [-0.05, 0) is 48.7 Å². The maximum Gasteiger partial charge on any atom is 0.266 e. The summed E-state index contributed by atoms with van der Waals surface area (Å²) in [5, 5.41) is 4.26. The van der Waals surface area contributed by atoms with Crippen molar-refractivity contribution in [3.8, 4) is 5.69 Å². The summed E-state index contributed by atoms with van der Waals surface area (Å²) >= 11 is 3.48. The Kier molecular flexibility index (Phi) is 5.06. The van der Waals surface area contributed by atoms with Gasteiger partial charge in [0.05, 0.1) is 34.1 Å². The Labute approximate surface area is 227 Å². The van der Waals surface area contributed by atoms with Crippen molar-refractivity contribution in [2.75, 3.05) is 4.90 Å². The molecule has 38 heavy (non-hydrogen) atoms. The first-order valence-corrected chi connectivity index (χ1v) is 13.7. The van der Waals surface area contributed by atoms with Crippen molar-refractivity contribution in [3.63, 3.8) is 0 Å². The highest BCUT2D eigenvalue weighted by molar-refractivity contribution is 9.10. The van der Waals surface area contributed by atoms with Crippen molar-refractivity contribution >= 4 is 44.3 Å². The predicted octanol–water partition coefficient (Wildman–Crippen LogP) is 4.53. The molecule has 190 valence electrons. The first-order chi connectivity index (χ1) is 18.3. The number of fused-ring (bicyclic) bond motifs is 8. The van der Waals surface area contributed by atoms with Crippen LogP contribution in [0.2, 0.25) is 0 Å². The highest BCUT2D eigenvalue weighted by Crippen LogP contribution is 2.56. The summed E-state index contributed by atoms with van der Waals surface area (Å²) in [6.45, 7) is 4.23. The zero-order chi connectivity index (χ0) is 26.3. The summed E-state index contributed by atoms with van der Waals surface area (Å²) in [6.07, 6.45) is 0.703. The number of amides is 2. The van der Waals surface area contributed by atoms with Crippen LogP contribution in [0.25, 0.3) is 16.6 Å². The van der Waals surface area contributed by atoms with Crippen molar-refractivity contribution in [2.45, 2.75) is 31.8 Å². The largest absolute Gasteiger partial charge is 0.297 e. The molecule has 2 fully saturated rings. The minimum Gasteiger partial charge on any atom is -0.297 e. The van der Waals surface area contributed by atoms with Gasteiger partial charge in [0.1, 0.15) is 11.4 Å². The van der Waals surface area contributed by atoms with Gasteiger partial charge < -0.3 is 0 Å². The lowest BCUT2D eigenvalue weighted by Gasteiger charge is -2.32. The Bertz CT molecular complexity index is 1730. The Balaban J connectivity index is 1.52. The van der Waals surface area contributed by atoms with Crippen LogP contribution in [-0.2, 0) is 15.1 Å². The molecular formula is C30H25BrN4O3. The number of carbonyl (C=O) groups is 2. The summed E-state index contributed by atoms with van der Waals surface area (Å²) in [4.78, 5) is 48.7. The van der Waals surface area contributed by atoms with E-state index in [4.69, 9.17) is 4.98 Å². The minimum atomic E-state index is -1.11. The van der Waals surface area contributed by atoms with Crippen LogP contribution in [0.5, 0.6) is 0 Å². The molecule has 8 heteroatoms. The lowest BCUT2D eigenvalue weighted by atomic mass is 9.75. The third-order valence-electron chi connectivity index (χ3n) is 8.15. The summed E-state index contributed by atoms with van der Waals surface area (Å²) in [6, 6.07) is 21.9. The van der Waals surface area contributed by atoms with Gasteiger partial charge in [0, 0.05) is 16.1 Å². The van der Waals surface area contributed by atoms with Crippen LogP contribution in [0.3, 0.4) is 0 Å². The molecule has 0 saturated carbocycles. The van der Waals surface area contributed by atoms with E-state index in [0.29, 0.717) is 34.5 Å². The summed E-state index contributed by atoms with van der Waals surface area (Å²) < 4.78 is 2.43. The predicted molar refractivity (Wildman–Crippen MR) is 148 cm³/mol. The van der Waals surface area contributed by atoms with Crippen molar-refractivity contribution in [1.29, 1.82) is 0 Å². The standard InChI is InChI=1S/C30H25BrN4O3/c1-16(2)14-22-24-25(28(38)34(27(24)37)18-9-7-8-17(31)15-18)30(33-22)20-11-4-6-13-23(20)35-26(36)19-10-3-5-12-21(19)32-29(30)35/h3-13,15-16,22,24-25,33H,14H2,1-2H3/t22-,24-,25+,30+/m0/s1. The Hall–Kier alpha value is -3.62. The number of aromatic nitrogens is 2. The Morgan fingerprint density at radius 3 is 2.53 bits per heavy atom. The number of carbonyl (C=O) groups excluding carboxylic acids is 2. The van der Waals surface area contributed by atoms with Gasteiger partial charge in [-0.3, -0.25) is 24.3 Å². The molecule has 3 aliphatic heterocycles. The second-order valence-corrected chi connectivity index (χ2v) is 11.7. The van der Waals surface area contributed by atoms with Crippen molar-refractivity contribution in [3.05, 3.63) is 99.0 Å². The average molecular weight is 569 g/mol. The van der Waals surface area contributed by atoms with Crippen LogP contribution in [0.15, 0.2) is 82.1 Å². The van der Waals surface area contributed by atoms with E-state index in [1.165, 1.54) is 4.90 Å². The maximum absolute atomic E-state index is 14.4. The van der Waals surface area contributed by atoms with Crippen LogP contribution >= 0.6 is 15.9 Å². The number of imide groups is 1. The van der Waals surface area contributed by atoms with E-state index in [2.05, 4.69) is 35.1 Å². The molecule has 1 spiro atoms. The monoisotopic (exact) mass is 568 g/mol. The molecule has 1 N–H and O–H groups in total. The molecule has 3 aromatic carbocycles. The highest BCUT2D eigenvalue weighted by Gasteiger charge is 2.69. The van der Waals surface area contributed by atoms with Gasteiger partial charge in [-0.1, -0.05) is 66.2 Å². The summed E-state index contributed by atoms with van der Waals surface area (Å²) in [5.74, 6) is -1.07. The van der Waals surface area contributed by atoms with Gasteiger partial charge in [-0.2, -0.15) is 0 Å². The van der Waals surface area contributed by atoms with Gasteiger partial charge in [0.15, 0.2) is 0 Å². The van der Waals surface area contributed by atoms with Crippen molar-refractivity contribution < 1.29 is 9.59 Å². The number of halogens is 1. The molecular weight excluding hydrogens is 544 g/mol. The molecule has 3 aliphatic rings. The van der Waals surface area contributed by atoms with E-state index in [1.807, 2.05) is 54.6 Å². The number of rotatable bonds is 3. The molecule has 1 aromatic heterocycles. The zero-order valence-corrected chi connectivity index (χ0v) is 22.5. The number of nitrogens with zero attached hydrogens (tertiary/aromatic N) is 3. The number of hydrogen-bond acceptors (Lipinski definition) is 5. The zero-order valence-electron chi connectivity index (χ0n) is 20.9. The van der Waals surface area contributed by atoms with Gasteiger partial charge >= 0.3 is 0 Å². The molecule has 4 atom stereocenters. The number of para-hydroxylation sites is 2. The SMILES string of the molecule is CC(C)C[C@@H]1N[C@]2(c3ccccc3-n3c2nc2ccccc2c3=O)[C@H]2C(=O)N(c3cccc(Br)c3)C(=O)[C@@H]12. The fourth-order valence-corrected chi connectivity index (χ4v) is 7.19. The molecule has 4 heterocycles. The molecule has 7 nitrogen and oxygen atoms in total. The van der Waals surface area contributed by atoms with Crippen molar-refractivity contribution in [1.82, 2.24) is 14.9 Å². The molecule has 2 amide bonds. The van der Waals surface area contributed by atoms with E-state index in [0.717, 1.165) is 10.0 Å². The summed E-state index contributed by atoms with van der Waals surface area (Å²) in [7, 11) is 0. The minimum absolute atomic E-state index is 0.179. The Morgan fingerprint density at radius 1 is 0.974 bits per heavy atom. The first kappa shape index (κ1) is 23.5. The number of anilines is 1.